The molecule has 0 bridgehead atoms. The molecule has 1 unspecified atom stereocenters. The average Bonchev–Trinajstić information content (AvgIpc) is 2.42. The SMILES string of the molecule is CC(C)Nc1cccc(CNC(=O)NCC(C)(O)C(C)C)c1. The molecule has 1 aromatic rings. The Morgan fingerprint density at radius 1 is 1.23 bits per heavy atom. The maximum absolute atomic E-state index is 11.8. The van der Waals surface area contributed by atoms with E-state index < -0.39 is 5.60 Å². The van der Waals surface area contributed by atoms with Crippen molar-refractivity contribution in [3.63, 3.8) is 0 Å². The lowest BCUT2D eigenvalue weighted by atomic mass is 9.93. The van der Waals surface area contributed by atoms with E-state index in [2.05, 4.69) is 29.8 Å². The number of nitrogens with one attached hydrogen (secondary N) is 3. The number of benzene rings is 1. The van der Waals surface area contributed by atoms with Crippen LogP contribution >= 0.6 is 0 Å². The van der Waals surface area contributed by atoms with Gasteiger partial charge in [0.1, 0.15) is 0 Å². The Balaban J connectivity index is 2.44. The van der Waals surface area contributed by atoms with Gasteiger partial charge in [-0.15, -0.1) is 0 Å². The highest BCUT2D eigenvalue weighted by atomic mass is 16.3. The normalized spacial score (nSPS) is 13.8. The second-order valence-electron chi connectivity index (χ2n) is 6.55. The number of hydrogen-bond acceptors (Lipinski definition) is 3. The standard InChI is InChI=1S/C17H29N3O2/c1-12(2)17(5,22)11-19-16(21)18-10-14-7-6-8-15(9-14)20-13(3)4/h6-9,12-13,20,22H,10-11H2,1-5H3,(H2,18,19,21). The zero-order valence-corrected chi connectivity index (χ0v) is 14.2. The lowest BCUT2D eigenvalue weighted by molar-refractivity contribution is 0.0166. The molecule has 0 saturated heterocycles. The quantitative estimate of drug-likeness (QED) is 0.626. The third-order valence-corrected chi connectivity index (χ3v) is 3.69. The Morgan fingerprint density at radius 3 is 2.50 bits per heavy atom. The molecule has 2 amide bonds. The molecule has 0 aliphatic carbocycles. The van der Waals surface area contributed by atoms with Crippen LogP contribution in [0.4, 0.5) is 10.5 Å². The molecule has 0 aromatic heterocycles. The number of carbonyl (C=O) groups excluding carboxylic acids is 1. The van der Waals surface area contributed by atoms with Crippen molar-refractivity contribution in [3.8, 4) is 0 Å². The van der Waals surface area contributed by atoms with Gasteiger partial charge in [0.05, 0.1) is 5.60 Å². The molecular formula is C17H29N3O2. The van der Waals surface area contributed by atoms with Gasteiger partial charge in [-0.1, -0.05) is 26.0 Å². The van der Waals surface area contributed by atoms with E-state index in [4.69, 9.17) is 0 Å². The maximum Gasteiger partial charge on any atom is 0.315 e. The topological polar surface area (TPSA) is 73.4 Å². The molecule has 0 radical (unpaired) electrons. The van der Waals surface area contributed by atoms with Gasteiger partial charge >= 0.3 is 6.03 Å². The summed E-state index contributed by atoms with van der Waals surface area (Å²) in [4.78, 5) is 11.8. The van der Waals surface area contributed by atoms with E-state index in [0.717, 1.165) is 11.3 Å². The van der Waals surface area contributed by atoms with Crippen LogP contribution in [0.2, 0.25) is 0 Å². The van der Waals surface area contributed by atoms with Crippen molar-refractivity contribution < 1.29 is 9.90 Å². The van der Waals surface area contributed by atoms with Crippen molar-refractivity contribution >= 4 is 11.7 Å². The van der Waals surface area contributed by atoms with E-state index in [1.807, 2.05) is 38.1 Å². The molecule has 0 spiro atoms. The summed E-state index contributed by atoms with van der Waals surface area (Å²) in [7, 11) is 0. The van der Waals surface area contributed by atoms with Gasteiger partial charge in [-0.3, -0.25) is 0 Å². The van der Waals surface area contributed by atoms with E-state index in [1.165, 1.54) is 0 Å². The van der Waals surface area contributed by atoms with E-state index in [9.17, 15) is 9.90 Å². The van der Waals surface area contributed by atoms with Crippen molar-refractivity contribution in [2.45, 2.75) is 52.8 Å². The van der Waals surface area contributed by atoms with Crippen LogP contribution in [-0.4, -0.2) is 29.3 Å². The zero-order chi connectivity index (χ0) is 16.8. The second kappa shape index (κ2) is 8.03. The highest BCUT2D eigenvalue weighted by molar-refractivity contribution is 5.73. The molecule has 0 heterocycles. The molecular weight excluding hydrogens is 278 g/mol. The van der Waals surface area contributed by atoms with Crippen molar-refractivity contribution in [2.75, 3.05) is 11.9 Å². The highest BCUT2D eigenvalue weighted by Crippen LogP contribution is 2.14. The molecule has 124 valence electrons. The largest absolute Gasteiger partial charge is 0.388 e. The minimum Gasteiger partial charge on any atom is -0.388 e. The Hall–Kier alpha value is -1.75. The highest BCUT2D eigenvalue weighted by Gasteiger charge is 2.25. The fourth-order valence-corrected chi connectivity index (χ4v) is 1.81. The van der Waals surface area contributed by atoms with Gasteiger partial charge < -0.3 is 21.1 Å². The zero-order valence-electron chi connectivity index (χ0n) is 14.2. The Bertz CT molecular complexity index is 485. The minimum absolute atomic E-state index is 0.0755. The van der Waals surface area contributed by atoms with Crippen LogP contribution in [0.1, 0.15) is 40.2 Å². The number of rotatable bonds is 7. The first-order chi connectivity index (χ1) is 10.2. The summed E-state index contributed by atoms with van der Waals surface area (Å²) in [5.74, 6) is 0.0755. The summed E-state index contributed by atoms with van der Waals surface area (Å²) in [6.45, 7) is 10.4. The third kappa shape index (κ3) is 6.35. The first kappa shape index (κ1) is 18.3. The Labute approximate surface area is 133 Å². The molecule has 4 N–H and O–H groups in total. The monoisotopic (exact) mass is 307 g/mol. The van der Waals surface area contributed by atoms with Gasteiger partial charge in [0, 0.05) is 24.8 Å². The lowest BCUT2D eigenvalue weighted by Gasteiger charge is -2.27. The van der Waals surface area contributed by atoms with Crippen LogP contribution in [0.3, 0.4) is 0 Å². The molecule has 1 aromatic carbocycles. The smallest absolute Gasteiger partial charge is 0.315 e. The second-order valence-corrected chi connectivity index (χ2v) is 6.55. The summed E-state index contributed by atoms with van der Waals surface area (Å²) in [5.41, 5.74) is 1.16. The fourth-order valence-electron chi connectivity index (χ4n) is 1.81. The van der Waals surface area contributed by atoms with Gasteiger partial charge in [0.15, 0.2) is 0 Å². The summed E-state index contributed by atoms with van der Waals surface area (Å²) in [6, 6.07) is 8.04. The van der Waals surface area contributed by atoms with Crippen molar-refractivity contribution in [3.05, 3.63) is 29.8 Å². The maximum atomic E-state index is 11.8. The Morgan fingerprint density at radius 2 is 1.91 bits per heavy atom. The first-order valence-corrected chi connectivity index (χ1v) is 7.80. The van der Waals surface area contributed by atoms with E-state index >= 15 is 0 Å². The van der Waals surface area contributed by atoms with Crippen LogP contribution in [0, 0.1) is 5.92 Å². The molecule has 0 saturated carbocycles. The number of hydrogen-bond donors (Lipinski definition) is 4. The average molecular weight is 307 g/mol. The third-order valence-electron chi connectivity index (χ3n) is 3.69. The van der Waals surface area contributed by atoms with Crippen molar-refractivity contribution in [1.29, 1.82) is 0 Å². The minimum atomic E-state index is -0.904. The number of aliphatic hydroxyl groups is 1. The van der Waals surface area contributed by atoms with E-state index in [1.54, 1.807) is 6.92 Å². The molecule has 5 nitrogen and oxygen atoms in total. The number of urea groups is 1. The first-order valence-electron chi connectivity index (χ1n) is 7.80. The molecule has 0 fully saturated rings. The summed E-state index contributed by atoms with van der Waals surface area (Å²) < 4.78 is 0. The van der Waals surface area contributed by atoms with Crippen molar-refractivity contribution in [1.82, 2.24) is 10.6 Å². The number of anilines is 1. The molecule has 0 aliphatic heterocycles. The van der Waals surface area contributed by atoms with Crippen LogP contribution in [-0.2, 0) is 6.54 Å². The fraction of sp³-hybridized carbons (Fsp3) is 0.588. The van der Waals surface area contributed by atoms with Crippen molar-refractivity contribution in [2.24, 2.45) is 5.92 Å². The molecule has 1 rings (SSSR count). The van der Waals surface area contributed by atoms with Crippen LogP contribution in [0.5, 0.6) is 0 Å². The number of amides is 2. The summed E-state index contributed by atoms with van der Waals surface area (Å²) in [5, 5.41) is 18.9. The predicted molar refractivity (Wildman–Crippen MR) is 90.9 cm³/mol. The molecule has 22 heavy (non-hydrogen) atoms. The van der Waals surface area contributed by atoms with Gasteiger partial charge in [0.25, 0.3) is 0 Å². The molecule has 0 aliphatic rings. The van der Waals surface area contributed by atoms with Gasteiger partial charge in [0.2, 0.25) is 0 Å². The number of carbonyl (C=O) groups is 1. The predicted octanol–water partition coefficient (Wildman–Crippen LogP) is 2.71. The van der Waals surface area contributed by atoms with Crippen LogP contribution < -0.4 is 16.0 Å². The van der Waals surface area contributed by atoms with E-state index in [0.29, 0.717) is 12.6 Å². The van der Waals surface area contributed by atoms with Gasteiger partial charge in [-0.2, -0.15) is 0 Å². The summed E-state index contributed by atoms with van der Waals surface area (Å²) >= 11 is 0. The lowest BCUT2D eigenvalue weighted by Crippen LogP contribution is -2.47. The van der Waals surface area contributed by atoms with Crippen LogP contribution in [0.25, 0.3) is 0 Å². The van der Waals surface area contributed by atoms with E-state index in [-0.39, 0.29) is 18.5 Å². The molecule has 1 atom stereocenters. The van der Waals surface area contributed by atoms with Crippen LogP contribution in [0.15, 0.2) is 24.3 Å². The molecule has 5 heteroatoms. The summed E-state index contributed by atoms with van der Waals surface area (Å²) in [6.07, 6.45) is 0. The Kier molecular flexibility index (Phi) is 6.68. The van der Waals surface area contributed by atoms with Gasteiger partial charge in [-0.25, -0.2) is 4.79 Å². The van der Waals surface area contributed by atoms with Gasteiger partial charge in [-0.05, 0) is 44.4 Å².